The number of aromatic nitrogens is 1. The van der Waals surface area contributed by atoms with Gasteiger partial charge >= 0.3 is 5.97 Å². The molecule has 2 saturated heterocycles. The molecule has 0 spiro atoms. The number of piperazine rings is 1. The summed E-state index contributed by atoms with van der Waals surface area (Å²) in [5.74, 6) is -1.83. The minimum atomic E-state index is -1.34. The van der Waals surface area contributed by atoms with Crippen LogP contribution in [0.1, 0.15) is 23.2 Å². The summed E-state index contributed by atoms with van der Waals surface area (Å²) in [6.07, 6.45) is 4.77. The Morgan fingerprint density at radius 2 is 2.12 bits per heavy atom. The zero-order valence-electron chi connectivity index (χ0n) is 14.3. The Bertz CT molecular complexity index is 969. The molecule has 0 aliphatic carbocycles. The zero-order valence-corrected chi connectivity index (χ0v) is 14.3. The number of rotatable bonds is 3. The molecule has 0 amide bonds. The van der Waals surface area contributed by atoms with Crippen molar-refractivity contribution in [1.82, 2.24) is 9.47 Å². The topological polar surface area (TPSA) is 65.8 Å². The second-order valence-corrected chi connectivity index (χ2v) is 6.88. The maximum atomic E-state index is 14.9. The Hall–Kier alpha value is -2.67. The van der Waals surface area contributed by atoms with E-state index in [-0.39, 0.29) is 11.4 Å². The number of piperidine rings is 1. The molecule has 0 radical (unpaired) electrons. The standard InChI is InChI=1S/C19H20FN3O3/c1-2-22-11-14(19(25)26)18(24)13-8-15(20)17(9-16(13)22)23-7-6-21-5-3-4-12(23)10-21/h2,8-9,11-12H,1,3-7,10H2,(H,25,26). The number of fused-ring (bicyclic) bond motifs is 3. The number of hydrogen-bond acceptors (Lipinski definition) is 4. The minimum absolute atomic E-state index is 0.0494. The predicted molar refractivity (Wildman–Crippen MR) is 98.3 cm³/mol. The van der Waals surface area contributed by atoms with E-state index >= 15 is 0 Å². The first-order valence-corrected chi connectivity index (χ1v) is 8.73. The highest BCUT2D eigenvalue weighted by Crippen LogP contribution is 2.31. The third-order valence-electron chi connectivity index (χ3n) is 5.42. The van der Waals surface area contributed by atoms with Crippen LogP contribution < -0.4 is 10.3 Å². The molecule has 2 bridgehead atoms. The van der Waals surface area contributed by atoms with Crippen molar-refractivity contribution in [3.05, 3.63) is 46.5 Å². The lowest BCUT2D eigenvalue weighted by atomic mass is 9.99. The molecule has 7 heteroatoms. The van der Waals surface area contributed by atoms with Gasteiger partial charge in [-0.15, -0.1) is 0 Å². The number of carboxylic acids is 1. The van der Waals surface area contributed by atoms with Crippen LogP contribution in [-0.2, 0) is 0 Å². The average molecular weight is 357 g/mol. The van der Waals surface area contributed by atoms with Gasteiger partial charge in [-0.2, -0.15) is 0 Å². The van der Waals surface area contributed by atoms with Crippen LogP contribution in [0, 0.1) is 5.82 Å². The molecule has 4 rings (SSSR count). The monoisotopic (exact) mass is 357 g/mol. The number of benzene rings is 1. The number of pyridine rings is 1. The molecular formula is C19H20FN3O3. The van der Waals surface area contributed by atoms with Gasteiger partial charge in [-0.1, -0.05) is 6.58 Å². The maximum Gasteiger partial charge on any atom is 0.341 e. The largest absolute Gasteiger partial charge is 0.477 e. The van der Waals surface area contributed by atoms with Gasteiger partial charge in [0, 0.05) is 43.5 Å². The molecule has 2 aliphatic rings. The van der Waals surface area contributed by atoms with Crippen LogP contribution >= 0.6 is 0 Å². The number of carbonyl (C=O) groups is 1. The highest BCUT2D eigenvalue weighted by atomic mass is 19.1. The lowest BCUT2D eigenvalue weighted by molar-refractivity contribution is 0.0695. The van der Waals surface area contributed by atoms with Crippen LogP contribution in [-0.4, -0.2) is 52.8 Å². The van der Waals surface area contributed by atoms with Crippen LogP contribution in [0.3, 0.4) is 0 Å². The first-order valence-electron chi connectivity index (χ1n) is 8.73. The lowest BCUT2D eigenvalue weighted by Crippen LogP contribution is -2.56. The van der Waals surface area contributed by atoms with Crippen molar-refractivity contribution >= 4 is 28.8 Å². The van der Waals surface area contributed by atoms with E-state index in [2.05, 4.69) is 16.4 Å². The maximum absolute atomic E-state index is 14.9. The van der Waals surface area contributed by atoms with Gasteiger partial charge in [0.2, 0.25) is 5.43 Å². The summed E-state index contributed by atoms with van der Waals surface area (Å²) in [4.78, 5) is 28.2. The summed E-state index contributed by atoms with van der Waals surface area (Å²) in [5.41, 5.74) is -0.157. The van der Waals surface area contributed by atoms with Gasteiger partial charge in [0.05, 0.1) is 11.2 Å². The Morgan fingerprint density at radius 1 is 1.31 bits per heavy atom. The third kappa shape index (κ3) is 2.59. The molecule has 1 N–H and O–H groups in total. The van der Waals surface area contributed by atoms with Crippen molar-refractivity contribution in [3.63, 3.8) is 0 Å². The molecule has 2 aliphatic heterocycles. The van der Waals surface area contributed by atoms with Crippen LogP contribution in [0.25, 0.3) is 17.1 Å². The highest BCUT2D eigenvalue weighted by Gasteiger charge is 2.32. The lowest BCUT2D eigenvalue weighted by Gasteiger charge is -2.46. The van der Waals surface area contributed by atoms with Gasteiger partial charge in [-0.25, -0.2) is 9.18 Å². The Labute approximate surface area is 149 Å². The number of hydrogen-bond donors (Lipinski definition) is 1. The summed E-state index contributed by atoms with van der Waals surface area (Å²) in [6.45, 7) is 7.32. The number of aromatic carboxylic acids is 1. The highest BCUT2D eigenvalue weighted by molar-refractivity contribution is 5.94. The van der Waals surface area contributed by atoms with E-state index in [9.17, 15) is 19.1 Å². The molecule has 1 aromatic carbocycles. The normalized spacial score (nSPS) is 22.4. The fraction of sp³-hybridized carbons (Fsp3) is 0.368. The molecule has 6 nitrogen and oxygen atoms in total. The smallest absolute Gasteiger partial charge is 0.341 e. The molecule has 2 aromatic rings. The van der Waals surface area contributed by atoms with Crippen molar-refractivity contribution in [3.8, 4) is 0 Å². The van der Waals surface area contributed by atoms with E-state index in [0.717, 1.165) is 45.1 Å². The van der Waals surface area contributed by atoms with E-state index in [1.165, 1.54) is 17.0 Å². The van der Waals surface area contributed by atoms with Crippen LogP contribution in [0.15, 0.2) is 29.7 Å². The number of anilines is 1. The van der Waals surface area contributed by atoms with Crippen molar-refractivity contribution in [2.45, 2.75) is 18.9 Å². The fourth-order valence-electron chi connectivity index (χ4n) is 4.12. The third-order valence-corrected chi connectivity index (χ3v) is 5.42. The summed E-state index contributed by atoms with van der Waals surface area (Å²) in [6, 6.07) is 3.06. The van der Waals surface area contributed by atoms with Crippen LogP contribution in [0.2, 0.25) is 0 Å². The quantitative estimate of drug-likeness (QED) is 0.913. The van der Waals surface area contributed by atoms with Crippen molar-refractivity contribution in [2.24, 2.45) is 0 Å². The van der Waals surface area contributed by atoms with Gasteiger partial charge in [0.1, 0.15) is 11.4 Å². The summed E-state index contributed by atoms with van der Waals surface area (Å²) < 4.78 is 16.4. The summed E-state index contributed by atoms with van der Waals surface area (Å²) >= 11 is 0. The van der Waals surface area contributed by atoms with E-state index in [0.29, 0.717) is 11.2 Å². The Kier molecular flexibility index (Phi) is 4.03. The van der Waals surface area contributed by atoms with Gasteiger partial charge in [0.25, 0.3) is 0 Å². The van der Waals surface area contributed by atoms with E-state index in [1.807, 2.05) is 0 Å². The van der Waals surface area contributed by atoms with Crippen molar-refractivity contribution < 1.29 is 14.3 Å². The predicted octanol–water partition coefficient (Wildman–Crippen LogP) is 2.22. The molecule has 136 valence electrons. The molecule has 2 atom stereocenters. The van der Waals surface area contributed by atoms with Gasteiger partial charge in [-0.05, 0) is 31.5 Å². The first kappa shape index (κ1) is 16.8. The van der Waals surface area contributed by atoms with E-state index in [1.54, 1.807) is 6.07 Å². The second-order valence-electron chi connectivity index (χ2n) is 6.88. The Morgan fingerprint density at radius 3 is 2.85 bits per heavy atom. The SMILES string of the molecule is C=Cn1cc(C(=O)O)c(=O)c2cc(F)c(N3CCN4CCCC3C4)cc21. The van der Waals surface area contributed by atoms with E-state index < -0.39 is 22.8 Å². The molecule has 1 aromatic heterocycles. The molecule has 26 heavy (non-hydrogen) atoms. The molecule has 2 unspecified atom stereocenters. The van der Waals surface area contributed by atoms with Crippen molar-refractivity contribution in [2.75, 3.05) is 31.1 Å². The fourth-order valence-corrected chi connectivity index (χ4v) is 4.12. The zero-order chi connectivity index (χ0) is 18.4. The first-order chi connectivity index (χ1) is 12.5. The number of nitrogens with zero attached hydrogens (tertiary/aromatic N) is 3. The van der Waals surface area contributed by atoms with Crippen molar-refractivity contribution in [1.29, 1.82) is 0 Å². The van der Waals surface area contributed by atoms with Gasteiger partial charge in [-0.3, -0.25) is 9.69 Å². The molecule has 0 saturated carbocycles. The molecular weight excluding hydrogens is 337 g/mol. The second kappa shape index (κ2) is 6.25. The molecule has 2 fully saturated rings. The Balaban J connectivity index is 1.89. The van der Waals surface area contributed by atoms with Gasteiger partial charge in [0.15, 0.2) is 0 Å². The van der Waals surface area contributed by atoms with Crippen LogP contribution in [0.4, 0.5) is 10.1 Å². The summed E-state index contributed by atoms with van der Waals surface area (Å²) in [5, 5.41) is 9.27. The van der Waals surface area contributed by atoms with Gasteiger partial charge < -0.3 is 14.6 Å². The molecule has 3 heterocycles. The number of halogens is 1. The summed E-state index contributed by atoms with van der Waals surface area (Å²) in [7, 11) is 0. The minimum Gasteiger partial charge on any atom is -0.477 e. The van der Waals surface area contributed by atoms with E-state index in [4.69, 9.17) is 0 Å². The average Bonchev–Trinajstić information content (AvgIpc) is 2.63. The number of carboxylic acid groups (broad SMARTS) is 1. The van der Waals surface area contributed by atoms with Crippen LogP contribution in [0.5, 0.6) is 0 Å².